The number of carbonyl (C=O) groups is 3. The van der Waals surface area contributed by atoms with E-state index in [1.165, 1.54) is 4.90 Å². The molecule has 0 radical (unpaired) electrons. The Hall–Kier alpha value is -4.32. The lowest BCUT2D eigenvalue weighted by Crippen LogP contribution is -2.50. The average molecular weight is 502 g/mol. The van der Waals surface area contributed by atoms with Crippen LogP contribution in [0.15, 0.2) is 54.6 Å². The maximum absolute atomic E-state index is 13.6. The number of aromatic nitrogens is 1. The van der Waals surface area contributed by atoms with Crippen molar-refractivity contribution in [2.75, 3.05) is 19.0 Å². The number of nitrogens with one attached hydrogen (secondary N) is 3. The van der Waals surface area contributed by atoms with Gasteiger partial charge in [0.1, 0.15) is 23.5 Å². The van der Waals surface area contributed by atoms with E-state index in [4.69, 9.17) is 4.74 Å². The summed E-state index contributed by atoms with van der Waals surface area (Å²) in [4.78, 5) is 44.1. The molecule has 3 N–H and O–H groups in total. The molecular formula is C28H31N5O4. The molecule has 1 fully saturated rings. The topological polar surface area (TPSA) is 127 Å². The molecule has 3 aromatic rings. The molecule has 192 valence electrons. The van der Waals surface area contributed by atoms with Crippen LogP contribution in [0, 0.1) is 23.2 Å². The first kappa shape index (κ1) is 25.8. The lowest BCUT2D eigenvalue weighted by molar-refractivity contribution is -0.133. The highest BCUT2D eigenvalue weighted by Crippen LogP contribution is 2.28. The Morgan fingerprint density at radius 1 is 1.16 bits per heavy atom. The maximum Gasteiger partial charge on any atom is 0.268 e. The monoisotopic (exact) mass is 501 g/mol. The molecular weight excluding hydrogens is 470 g/mol. The van der Waals surface area contributed by atoms with Gasteiger partial charge >= 0.3 is 0 Å². The van der Waals surface area contributed by atoms with E-state index >= 15 is 0 Å². The highest BCUT2D eigenvalue weighted by Gasteiger charge is 2.41. The number of hydrogen-bond acceptors (Lipinski definition) is 5. The van der Waals surface area contributed by atoms with E-state index in [-0.39, 0.29) is 30.7 Å². The van der Waals surface area contributed by atoms with E-state index in [1.54, 1.807) is 25.3 Å². The zero-order valence-corrected chi connectivity index (χ0v) is 21.2. The van der Waals surface area contributed by atoms with E-state index in [9.17, 15) is 19.6 Å². The third-order valence-corrected chi connectivity index (χ3v) is 6.54. The zero-order valence-electron chi connectivity index (χ0n) is 21.2. The maximum atomic E-state index is 13.6. The van der Waals surface area contributed by atoms with Gasteiger partial charge in [0.05, 0.1) is 19.1 Å². The first-order valence-electron chi connectivity index (χ1n) is 12.3. The van der Waals surface area contributed by atoms with Crippen LogP contribution in [0.3, 0.4) is 0 Å². The normalized spacial score (nSPS) is 17.9. The Morgan fingerprint density at radius 2 is 1.92 bits per heavy atom. The zero-order chi connectivity index (χ0) is 26.5. The van der Waals surface area contributed by atoms with Gasteiger partial charge < -0.3 is 25.3 Å². The largest absolute Gasteiger partial charge is 0.496 e. The molecule has 0 aliphatic carbocycles. The van der Waals surface area contributed by atoms with Crippen molar-refractivity contribution < 1.29 is 19.1 Å². The standard InChI is InChI=1S/C28H31N5O4/c1-17(2)12-24(32-27(35)23-14-21-22(31-23)10-7-11-25(21)37-3)28(36)33-16-18(13-20(33)15-29)26(34)30-19-8-5-4-6-9-19/h4-11,14,17-18,20,24,31H,12-13,16H2,1-3H3,(H,30,34)(H,32,35). The molecule has 3 atom stereocenters. The van der Waals surface area contributed by atoms with Crippen LogP contribution in [0.1, 0.15) is 37.2 Å². The SMILES string of the molecule is COc1cccc2[nH]c(C(=O)NC(CC(C)C)C(=O)N3CC(C(=O)Nc4ccccc4)CC3C#N)cc12. The van der Waals surface area contributed by atoms with Crippen LogP contribution < -0.4 is 15.4 Å². The Morgan fingerprint density at radius 3 is 2.59 bits per heavy atom. The van der Waals surface area contributed by atoms with Gasteiger partial charge in [-0.2, -0.15) is 5.26 Å². The number of methoxy groups -OCH3 is 1. The van der Waals surface area contributed by atoms with Crippen molar-refractivity contribution in [2.45, 2.75) is 38.8 Å². The molecule has 2 aromatic carbocycles. The summed E-state index contributed by atoms with van der Waals surface area (Å²) < 4.78 is 5.38. The van der Waals surface area contributed by atoms with Crippen molar-refractivity contribution in [1.29, 1.82) is 5.26 Å². The third kappa shape index (κ3) is 5.75. The number of carbonyl (C=O) groups excluding carboxylic acids is 3. The van der Waals surface area contributed by atoms with Gasteiger partial charge in [-0.25, -0.2) is 0 Å². The van der Waals surface area contributed by atoms with Gasteiger partial charge in [-0.3, -0.25) is 14.4 Å². The van der Waals surface area contributed by atoms with Gasteiger partial charge in [-0.1, -0.05) is 38.1 Å². The Kier molecular flexibility index (Phi) is 7.77. The molecule has 1 aliphatic rings. The minimum Gasteiger partial charge on any atom is -0.496 e. The van der Waals surface area contributed by atoms with Gasteiger partial charge in [-0.05, 0) is 49.1 Å². The van der Waals surface area contributed by atoms with Crippen LogP contribution in [0.4, 0.5) is 5.69 Å². The fraction of sp³-hybridized carbons (Fsp3) is 0.357. The van der Waals surface area contributed by atoms with Crippen LogP contribution in [-0.2, 0) is 9.59 Å². The fourth-order valence-corrected chi connectivity index (χ4v) is 4.71. The van der Waals surface area contributed by atoms with Crippen LogP contribution in [-0.4, -0.2) is 53.3 Å². The Balaban J connectivity index is 1.50. The number of para-hydroxylation sites is 1. The molecule has 9 heteroatoms. The summed E-state index contributed by atoms with van der Waals surface area (Å²) in [7, 11) is 1.56. The van der Waals surface area contributed by atoms with Gasteiger partial charge in [0, 0.05) is 23.1 Å². The van der Waals surface area contributed by atoms with Gasteiger partial charge in [-0.15, -0.1) is 0 Å². The van der Waals surface area contributed by atoms with Crippen molar-refractivity contribution in [3.05, 3.63) is 60.3 Å². The highest BCUT2D eigenvalue weighted by atomic mass is 16.5. The average Bonchev–Trinajstić information content (AvgIpc) is 3.53. The van der Waals surface area contributed by atoms with E-state index in [0.29, 0.717) is 23.6 Å². The molecule has 2 heterocycles. The van der Waals surface area contributed by atoms with E-state index in [2.05, 4.69) is 21.7 Å². The number of aromatic amines is 1. The molecule has 1 aromatic heterocycles. The number of rotatable bonds is 8. The first-order valence-corrected chi connectivity index (χ1v) is 12.3. The summed E-state index contributed by atoms with van der Waals surface area (Å²) in [5, 5.41) is 16.2. The number of fused-ring (bicyclic) bond motifs is 1. The van der Waals surface area contributed by atoms with Crippen LogP contribution in [0.25, 0.3) is 10.9 Å². The number of hydrogen-bond donors (Lipinski definition) is 3. The number of ether oxygens (including phenoxy) is 1. The van der Waals surface area contributed by atoms with Gasteiger partial charge in [0.2, 0.25) is 11.8 Å². The minimum atomic E-state index is -0.840. The predicted octanol–water partition coefficient (Wildman–Crippen LogP) is 3.70. The van der Waals surface area contributed by atoms with Gasteiger partial charge in [0.15, 0.2) is 0 Å². The van der Waals surface area contributed by atoms with Crippen LogP contribution in [0.2, 0.25) is 0 Å². The molecule has 3 unspecified atom stereocenters. The van der Waals surface area contributed by atoms with Gasteiger partial charge in [0.25, 0.3) is 5.91 Å². The molecule has 1 saturated heterocycles. The van der Waals surface area contributed by atoms with E-state index in [1.807, 2.05) is 50.2 Å². The summed E-state index contributed by atoms with van der Waals surface area (Å²) >= 11 is 0. The number of H-pyrrole nitrogens is 1. The van der Waals surface area contributed by atoms with E-state index < -0.39 is 23.9 Å². The molecule has 0 bridgehead atoms. The second-order valence-electron chi connectivity index (χ2n) is 9.68. The minimum absolute atomic E-state index is 0.109. The molecule has 37 heavy (non-hydrogen) atoms. The summed E-state index contributed by atoms with van der Waals surface area (Å²) in [6.07, 6.45) is 0.634. The lowest BCUT2D eigenvalue weighted by Gasteiger charge is -2.27. The van der Waals surface area contributed by atoms with Crippen LogP contribution in [0.5, 0.6) is 5.75 Å². The molecule has 1 aliphatic heterocycles. The van der Waals surface area contributed by atoms with E-state index in [0.717, 1.165) is 10.9 Å². The number of likely N-dealkylation sites (tertiary alicyclic amines) is 1. The quantitative estimate of drug-likeness (QED) is 0.434. The summed E-state index contributed by atoms with van der Waals surface area (Å²) in [5.74, 6) is -0.807. The number of benzene rings is 2. The number of nitrogens with zero attached hydrogens (tertiary/aromatic N) is 2. The number of nitriles is 1. The number of amides is 3. The summed E-state index contributed by atoms with van der Waals surface area (Å²) in [6.45, 7) is 4.04. The molecule has 0 spiro atoms. The van der Waals surface area contributed by atoms with Crippen molar-refractivity contribution in [3.8, 4) is 11.8 Å². The molecule has 3 amide bonds. The molecule has 9 nitrogen and oxygen atoms in total. The second-order valence-corrected chi connectivity index (χ2v) is 9.68. The summed E-state index contributed by atoms with van der Waals surface area (Å²) in [6, 6.07) is 16.8. The highest BCUT2D eigenvalue weighted by molar-refractivity contribution is 6.01. The summed E-state index contributed by atoms with van der Waals surface area (Å²) in [5.41, 5.74) is 1.71. The fourth-order valence-electron chi connectivity index (χ4n) is 4.71. The first-order chi connectivity index (χ1) is 17.8. The smallest absolute Gasteiger partial charge is 0.268 e. The molecule has 0 saturated carbocycles. The molecule has 4 rings (SSSR count). The second kappa shape index (κ2) is 11.2. The van der Waals surface area contributed by atoms with Crippen molar-refractivity contribution in [2.24, 2.45) is 11.8 Å². The Labute approximate surface area is 215 Å². The van der Waals surface area contributed by atoms with Crippen molar-refractivity contribution in [3.63, 3.8) is 0 Å². The number of anilines is 1. The van der Waals surface area contributed by atoms with Crippen molar-refractivity contribution >= 4 is 34.3 Å². The predicted molar refractivity (Wildman–Crippen MR) is 140 cm³/mol. The Bertz CT molecular complexity index is 1330. The third-order valence-electron chi connectivity index (χ3n) is 6.54. The van der Waals surface area contributed by atoms with Crippen LogP contribution >= 0.6 is 0 Å². The lowest BCUT2D eigenvalue weighted by atomic mass is 10.0. The van der Waals surface area contributed by atoms with Crippen molar-refractivity contribution in [1.82, 2.24) is 15.2 Å².